The van der Waals surface area contributed by atoms with Crippen molar-refractivity contribution in [1.29, 1.82) is 0 Å². The zero-order chi connectivity index (χ0) is 21.6. The van der Waals surface area contributed by atoms with Gasteiger partial charge in [0.05, 0.1) is 5.92 Å². The van der Waals surface area contributed by atoms with Crippen molar-refractivity contribution in [2.24, 2.45) is 5.92 Å². The summed E-state index contributed by atoms with van der Waals surface area (Å²) in [5, 5.41) is 6.22. The molecule has 1 aliphatic heterocycles. The Morgan fingerprint density at radius 3 is 2.77 bits per heavy atom. The summed E-state index contributed by atoms with van der Waals surface area (Å²) in [6.07, 6.45) is 5.00. The predicted octanol–water partition coefficient (Wildman–Crippen LogP) is 3.55. The quantitative estimate of drug-likeness (QED) is 0.569. The summed E-state index contributed by atoms with van der Waals surface area (Å²) in [5.74, 6) is -0.0969. The summed E-state index contributed by atoms with van der Waals surface area (Å²) in [5.41, 5.74) is 2.33. The van der Waals surface area contributed by atoms with Crippen molar-refractivity contribution in [1.82, 2.24) is 19.6 Å². The second-order valence-electron chi connectivity index (χ2n) is 7.90. The van der Waals surface area contributed by atoms with Gasteiger partial charge in [-0.2, -0.15) is 5.10 Å². The van der Waals surface area contributed by atoms with Gasteiger partial charge in [-0.25, -0.2) is 0 Å². The van der Waals surface area contributed by atoms with Crippen LogP contribution in [0.2, 0.25) is 0 Å². The first-order valence-electron chi connectivity index (χ1n) is 10.8. The second-order valence-corrected chi connectivity index (χ2v) is 8.85. The van der Waals surface area contributed by atoms with E-state index >= 15 is 0 Å². The summed E-state index contributed by atoms with van der Waals surface area (Å²) < 4.78 is 1.64. The van der Waals surface area contributed by atoms with Crippen LogP contribution in [-0.2, 0) is 22.6 Å². The van der Waals surface area contributed by atoms with Gasteiger partial charge in [-0.05, 0) is 41.5 Å². The highest BCUT2D eigenvalue weighted by molar-refractivity contribution is 7.13. The van der Waals surface area contributed by atoms with Crippen LogP contribution in [-0.4, -0.2) is 57.6 Å². The molecule has 1 aliphatic rings. The van der Waals surface area contributed by atoms with Crippen LogP contribution >= 0.6 is 11.3 Å². The number of carbonyl (C=O) groups is 2. The van der Waals surface area contributed by atoms with Crippen LogP contribution in [0.5, 0.6) is 0 Å². The van der Waals surface area contributed by atoms with Crippen molar-refractivity contribution >= 4 is 23.2 Å². The molecular weight excluding hydrogens is 408 g/mol. The van der Waals surface area contributed by atoms with Gasteiger partial charge in [0.15, 0.2) is 0 Å². The molecule has 0 spiro atoms. The lowest BCUT2D eigenvalue weighted by Gasteiger charge is -2.24. The molecule has 2 aromatic heterocycles. The molecule has 31 heavy (non-hydrogen) atoms. The van der Waals surface area contributed by atoms with E-state index in [1.165, 1.54) is 10.4 Å². The molecular formula is C24H28N4O2S. The molecule has 3 heterocycles. The maximum atomic E-state index is 13.4. The lowest BCUT2D eigenvalue weighted by molar-refractivity contribution is -0.135. The maximum Gasteiger partial charge on any atom is 0.244 e. The number of hydrogen-bond acceptors (Lipinski definition) is 4. The van der Waals surface area contributed by atoms with Crippen molar-refractivity contribution in [2.45, 2.75) is 26.3 Å². The van der Waals surface area contributed by atoms with Gasteiger partial charge >= 0.3 is 0 Å². The fourth-order valence-corrected chi connectivity index (χ4v) is 4.97. The van der Waals surface area contributed by atoms with E-state index in [1.807, 2.05) is 34.1 Å². The predicted molar refractivity (Wildman–Crippen MR) is 123 cm³/mol. The SMILES string of the molecule is CCCN1CCN(C(=O)Cn2cccn2)C[C@H](Cc2ccccc2-c2cccs2)C1=O. The van der Waals surface area contributed by atoms with Crippen LogP contribution < -0.4 is 0 Å². The lowest BCUT2D eigenvalue weighted by Crippen LogP contribution is -2.39. The first-order chi connectivity index (χ1) is 15.2. The van der Waals surface area contributed by atoms with Crippen LogP contribution in [0.4, 0.5) is 0 Å². The van der Waals surface area contributed by atoms with Gasteiger partial charge in [0.1, 0.15) is 6.54 Å². The monoisotopic (exact) mass is 436 g/mol. The minimum Gasteiger partial charge on any atom is -0.341 e. The van der Waals surface area contributed by atoms with Crippen LogP contribution in [0.1, 0.15) is 18.9 Å². The second kappa shape index (κ2) is 9.92. The van der Waals surface area contributed by atoms with Crippen molar-refractivity contribution < 1.29 is 9.59 Å². The van der Waals surface area contributed by atoms with E-state index in [1.54, 1.807) is 28.4 Å². The van der Waals surface area contributed by atoms with Crippen molar-refractivity contribution in [2.75, 3.05) is 26.2 Å². The summed E-state index contributed by atoms with van der Waals surface area (Å²) in [6, 6.07) is 14.3. The van der Waals surface area contributed by atoms with Gasteiger partial charge in [-0.3, -0.25) is 14.3 Å². The Bertz CT molecular complexity index is 1000. The van der Waals surface area contributed by atoms with E-state index in [2.05, 4.69) is 35.6 Å². The number of nitrogens with zero attached hydrogens (tertiary/aromatic N) is 4. The van der Waals surface area contributed by atoms with E-state index in [9.17, 15) is 9.59 Å². The van der Waals surface area contributed by atoms with E-state index in [-0.39, 0.29) is 24.3 Å². The number of aromatic nitrogens is 2. The summed E-state index contributed by atoms with van der Waals surface area (Å²) in [6.45, 7) is 4.60. The number of hydrogen-bond donors (Lipinski definition) is 0. The molecule has 0 unspecified atom stereocenters. The minimum atomic E-state index is -0.253. The van der Waals surface area contributed by atoms with E-state index < -0.39 is 0 Å². The number of thiophene rings is 1. The largest absolute Gasteiger partial charge is 0.341 e. The highest BCUT2D eigenvalue weighted by Gasteiger charge is 2.32. The van der Waals surface area contributed by atoms with Gasteiger partial charge in [0.25, 0.3) is 0 Å². The molecule has 162 valence electrons. The fraction of sp³-hybridized carbons (Fsp3) is 0.375. The molecule has 7 heteroatoms. The van der Waals surface area contributed by atoms with E-state index in [0.717, 1.165) is 18.5 Å². The van der Waals surface area contributed by atoms with Crippen LogP contribution in [0.3, 0.4) is 0 Å². The molecule has 0 bridgehead atoms. The summed E-state index contributed by atoms with van der Waals surface area (Å²) in [7, 11) is 0. The highest BCUT2D eigenvalue weighted by atomic mass is 32.1. The Kier molecular flexibility index (Phi) is 6.82. The van der Waals surface area contributed by atoms with Gasteiger partial charge < -0.3 is 9.80 Å². The Hall–Kier alpha value is -2.93. The van der Waals surface area contributed by atoms with E-state index in [4.69, 9.17) is 0 Å². The van der Waals surface area contributed by atoms with Gasteiger partial charge in [0.2, 0.25) is 11.8 Å². The molecule has 0 radical (unpaired) electrons. The van der Waals surface area contributed by atoms with Crippen molar-refractivity contribution in [3.8, 4) is 10.4 Å². The molecule has 0 N–H and O–H groups in total. The van der Waals surface area contributed by atoms with E-state index in [0.29, 0.717) is 26.1 Å². The average Bonchev–Trinajstić information content (AvgIpc) is 3.46. The normalized spacial score (nSPS) is 17.1. The zero-order valence-electron chi connectivity index (χ0n) is 17.8. The van der Waals surface area contributed by atoms with Crippen molar-refractivity contribution in [3.63, 3.8) is 0 Å². The third-order valence-corrected chi connectivity index (χ3v) is 6.62. The Balaban J connectivity index is 1.57. The first kappa shape index (κ1) is 21.3. The first-order valence-corrected chi connectivity index (χ1v) is 11.7. The number of benzene rings is 1. The van der Waals surface area contributed by atoms with Gasteiger partial charge in [0, 0.05) is 43.4 Å². The smallest absolute Gasteiger partial charge is 0.244 e. The molecule has 6 nitrogen and oxygen atoms in total. The maximum absolute atomic E-state index is 13.4. The highest BCUT2D eigenvalue weighted by Crippen LogP contribution is 2.30. The lowest BCUT2D eigenvalue weighted by atomic mass is 9.93. The average molecular weight is 437 g/mol. The Labute approximate surface area is 187 Å². The molecule has 1 fully saturated rings. The molecule has 4 rings (SSSR count). The number of carbonyl (C=O) groups excluding carboxylic acids is 2. The van der Waals surface area contributed by atoms with Crippen LogP contribution in [0.15, 0.2) is 60.2 Å². The molecule has 2 amide bonds. The molecule has 3 aromatic rings. The van der Waals surface area contributed by atoms with Crippen LogP contribution in [0.25, 0.3) is 10.4 Å². The molecule has 0 aliphatic carbocycles. The standard InChI is InChI=1S/C24H28N4O2S/c1-2-11-26-13-14-27(23(29)18-28-12-6-10-25-28)17-20(24(26)30)16-19-7-3-4-8-21(19)22-9-5-15-31-22/h3-10,12,15,20H,2,11,13-14,16-18H2,1H3/t20-/m0/s1. The zero-order valence-corrected chi connectivity index (χ0v) is 18.6. The third-order valence-electron chi connectivity index (χ3n) is 5.71. The third kappa shape index (κ3) is 5.05. The molecule has 1 aromatic carbocycles. The topological polar surface area (TPSA) is 58.4 Å². The Morgan fingerprint density at radius 2 is 2.03 bits per heavy atom. The summed E-state index contributed by atoms with van der Waals surface area (Å²) >= 11 is 1.70. The summed E-state index contributed by atoms with van der Waals surface area (Å²) in [4.78, 5) is 31.3. The fourth-order valence-electron chi connectivity index (χ4n) is 4.18. The van der Waals surface area contributed by atoms with Crippen molar-refractivity contribution in [3.05, 3.63) is 65.8 Å². The number of amides is 2. The number of rotatable bonds is 7. The van der Waals surface area contributed by atoms with Gasteiger partial charge in [-0.15, -0.1) is 11.3 Å². The minimum absolute atomic E-state index is 0.00592. The molecule has 0 saturated carbocycles. The Morgan fingerprint density at radius 1 is 1.16 bits per heavy atom. The molecule has 1 saturated heterocycles. The van der Waals surface area contributed by atoms with Gasteiger partial charge in [-0.1, -0.05) is 37.3 Å². The van der Waals surface area contributed by atoms with Crippen LogP contribution in [0, 0.1) is 5.92 Å². The molecule has 1 atom stereocenters.